The number of fused-ring (bicyclic) bond motifs is 4. The van der Waals surface area contributed by atoms with E-state index in [-0.39, 0.29) is 28.6 Å². The first-order valence-electron chi connectivity index (χ1n) is 21.7. The van der Waals surface area contributed by atoms with Gasteiger partial charge in [-0.25, -0.2) is 9.48 Å². The fourth-order valence-electron chi connectivity index (χ4n) is 8.42. The lowest BCUT2D eigenvalue weighted by Gasteiger charge is -2.39. The van der Waals surface area contributed by atoms with E-state index < -0.39 is 19.9 Å². The lowest BCUT2D eigenvalue weighted by Crippen LogP contribution is -2.43. The maximum absolute atomic E-state index is 13.5. The van der Waals surface area contributed by atoms with Crippen LogP contribution in [0.4, 0.5) is 0 Å². The van der Waals surface area contributed by atoms with Crippen molar-refractivity contribution in [3.05, 3.63) is 96.6 Å². The molecule has 1 aliphatic carbocycles. The van der Waals surface area contributed by atoms with Crippen molar-refractivity contribution in [2.75, 3.05) is 33.4 Å². The third-order valence-electron chi connectivity index (χ3n) is 13.0. The summed E-state index contributed by atoms with van der Waals surface area (Å²) in [7, 11) is -0.127. The third kappa shape index (κ3) is 9.32. The average molecular weight is 915 g/mol. The standard InChI is InChI=1S/C46H58N6O8S2Si/c1-45(2,3)63(5,6)60-36(32-16-18-35(53)40-33(32)17-19-39(54)48-40)28-47-27-29-26-34-41(43-42(29)57-22-23-58-43)52(50-49-34)21-9-20-51(4)30-12-14-31(15-13-30)59-44(55)46(56,37-10-7-24-61-37)38-11-8-25-62-38/h7-8,10-11,16-19,24-26,30-31,36,47,53,56H,9,12-15,20-23,27-28H2,1-6H3,(H,48,54)/t30-,31-,36?. The van der Waals surface area contributed by atoms with E-state index >= 15 is 0 Å². The molecule has 2 aliphatic rings. The zero-order valence-corrected chi connectivity index (χ0v) is 39.4. The fourth-order valence-corrected chi connectivity index (χ4v) is 11.4. The van der Waals surface area contributed by atoms with Crippen molar-refractivity contribution >= 4 is 58.9 Å². The molecule has 5 heterocycles. The molecule has 14 nitrogen and oxygen atoms in total. The van der Waals surface area contributed by atoms with Crippen molar-refractivity contribution < 1.29 is 33.6 Å². The van der Waals surface area contributed by atoms with Crippen LogP contribution >= 0.6 is 22.7 Å². The van der Waals surface area contributed by atoms with Crippen LogP contribution in [0, 0.1) is 0 Å². The molecule has 0 amide bonds. The van der Waals surface area contributed by atoms with Crippen LogP contribution in [-0.4, -0.2) is 94.9 Å². The van der Waals surface area contributed by atoms with Crippen LogP contribution in [0.25, 0.3) is 21.9 Å². The molecule has 1 fully saturated rings. The Morgan fingerprint density at radius 2 is 1.73 bits per heavy atom. The Labute approximate surface area is 376 Å². The number of hydrogen-bond donors (Lipinski definition) is 4. The number of H-pyrrole nitrogens is 1. The number of rotatable bonds is 16. The molecule has 1 atom stereocenters. The lowest BCUT2D eigenvalue weighted by atomic mass is 9.91. The van der Waals surface area contributed by atoms with Crippen LogP contribution in [0.2, 0.25) is 18.1 Å². The molecule has 0 saturated heterocycles. The predicted octanol–water partition coefficient (Wildman–Crippen LogP) is 7.84. The van der Waals surface area contributed by atoms with Gasteiger partial charge in [-0.3, -0.25) is 4.79 Å². The van der Waals surface area contributed by atoms with E-state index in [1.807, 2.05) is 39.7 Å². The lowest BCUT2D eigenvalue weighted by molar-refractivity contribution is -0.169. The SMILES string of the molecule is CN(CCCn1nnc2cc(CNCC(O[Si](C)(C)C(C)(C)C)c3ccc(O)c4[nH]c(=O)ccc34)c3c(c21)OCCO3)[C@H]1CC[C@H](OC(=O)C(O)(c2cccs2)c2cccs2)CC1. The van der Waals surface area contributed by atoms with Crippen LogP contribution in [0.3, 0.4) is 0 Å². The number of aromatic amines is 1. The predicted molar refractivity (Wildman–Crippen MR) is 249 cm³/mol. The van der Waals surface area contributed by atoms with Crippen LogP contribution < -0.4 is 20.3 Å². The summed E-state index contributed by atoms with van der Waals surface area (Å²) in [6.45, 7) is 14.3. The number of phenolic OH excluding ortho intramolecular Hbond substituents is 1. The van der Waals surface area contributed by atoms with E-state index in [1.165, 1.54) is 28.7 Å². The number of benzene rings is 2. The maximum atomic E-state index is 13.5. The highest BCUT2D eigenvalue weighted by molar-refractivity contribution is 7.12. The van der Waals surface area contributed by atoms with Crippen molar-refractivity contribution in [3.63, 3.8) is 0 Å². The molecule has 0 radical (unpaired) electrons. The van der Waals surface area contributed by atoms with Crippen molar-refractivity contribution in [1.82, 2.24) is 30.2 Å². The summed E-state index contributed by atoms with van der Waals surface area (Å²) in [6, 6.07) is 16.3. The number of esters is 1. The largest absolute Gasteiger partial charge is 0.506 e. The van der Waals surface area contributed by atoms with E-state index in [0.29, 0.717) is 65.7 Å². The summed E-state index contributed by atoms with van der Waals surface area (Å²) in [5.41, 5.74) is 1.63. The summed E-state index contributed by atoms with van der Waals surface area (Å²) in [5.74, 6) is 0.731. The van der Waals surface area contributed by atoms with E-state index in [2.05, 4.69) is 66.4 Å². The van der Waals surface area contributed by atoms with Gasteiger partial charge in [-0.1, -0.05) is 44.2 Å². The zero-order chi connectivity index (χ0) is 44.5. The molecule has 6 aromatic rings. The van der Waals surface area contributed by atoms with Gasteiger partial charge < -0.3 is 44.1 Å². The van der Waals surface area contributed by atoms with E-state index in [1.54, 1.807) is 24.3 Å². The first kappa shape index (κ1) is 45.0. The normalized spacial score (nSPS) is 17.7. The van der Waals surface area contributed by atoms with Gasteiger partial charge in [-0.15, -0.1) is 27.8 Å². The van der Waals surface area contributed by atoms with Gasteiger partial charge in [0.2, 0.25) is 11.2 Å². The van der Waals surface area contributed by atoms with Gasteiger partial charge in [0.15, 0.2) is 19.8 Å². The molecule has 4 aromatic heterocycles. The molecular formula is C46H58N6O8S2Si. The zero-order valence-electron chi connectivity index (χ0n) is 36.8. The molecule has 336 valence electrons. The van der Waals surface area contributed by atoms with Gasteiger partial charge in [0.05, 0.1) is 21.4 Å². The van der Waals surface area contributed by atoms with Crippen molar-refractivity contribution in [3.8, 4) is 17.2 Å². The van der Waals surface area contributed by atoms with Gasteiger partial charge in [-0.05, 0) is 110 Å². The number of pyridine rings is 1. The summed E-state index contributed by atoms with van der Waals surface area (Å²) in [6.07, 6.45) is 3.48. The maximum Gasteiger partial charge on any atom is 0.349 e. The number of hydrogen-bond acceptors (Lipinski definition) is 14. The molecule has 4 N–H and O–H groups in total. The smallest absolute Gasteiger partial charge is 0.349 e. The third-order valence-corrected chi connectivity index (χ3v) is 19.4. The van der Waals surface area contributed by atoms with E-state index in [4.69, 9.17) is 18.6 Å². The Bertz CT molecular complexity index is 2550. The van der Waals surface area contributed by atoms with E-state index in [0.717, 1.165) is 66.2 Å². The number of thiophene rings is 2. The monoisotopic (exact) mass is 914 g/mol. The van der Waals surface area contributed by atoms with Crippen LogP contribution in [0.1, 0.15) is 79.9 Å². The highest BCUT2D eigenvalue weighted by Crippen LogP contribution is 2.43. The summed E-state index contributed by atoms with van der Waals surface area (Å²) in [4.78, 5) is 32.0. The Balaban J connectivity index is 0.899. The number of ether oxygens (including phenoxy) is 3. The number of phenols is 1. The fraction of sp³-hybridized carbons (Fsp3) is 0.478. The number of carbonyl (C=O) groups excluding carboxylic acids is 1. The Hall–Kier alpha value is -4.62. The van der Waals surface area contributed by atoms with Gasteiger partial charge in [0.25, 0.3) is 0 Å². The first-order valence-corrected chi connectivity index (χ1v) is 26.4. The second kappa shape index (κ2) is 18.5. The Morgan fingerprint density at radius 3 is 2.40 bits per heavy atom. The van der Waals surface area contributed by atoms with Gasteiger partial charge in [-0.2, -0.15) is 0 Å². The molecule has 0 bridgehead atoms. The summed E-state index contributed by atoms with van der Waals surface area (Å²) < 4.78 is 27.5. The van der Waals surface area contributed by atoms with Crippen LogP contribution in [0.5, 0.6) is 17.2 Å². The number of nitrogens with zero attached hydrogens (tertiary/aromatic N) is 4. The molecule has 0 spiro atoms. The Kier molecular flexibility index (Phi) is 13.2. The molecule has 63 heavy (non-hydrogen) atoms. The first-order chi connectivity index (χ1) is 30.1. The van der Waals surface area contributed by atoms with Crippen molar-refractivity contribution in [2.45, 2.75) is 108 Å². The second-order valence-electron chi connectivity index (χ2n) is 18.2. The number of aromatic nitrogens is 4. The Morgan fingerprint density at radius 1 is 1.03 bits per heavy atom. The number of aryl methyl sites for hydroxylation is 1. The number of aromatic hydroxyl groups is 1. The van der Waals surface area contributed by atoms with Gasteiger partial charge >= 0.3 is 5.97 Å². The quantitative estimate of drug-likeness (QED) is 0.0549. The van der Waals surface area contributed by atoms with Crippen LogP contribution in [-0.2, 0) is 32.6 Å². The topological polar surface area (TPSA) is 173 Å². The number of aliphatic hydroxyl groups is 1. The highest BCUT2D eigenvalue weighted by atomic mass is 32.1. The highest BCUT2D eigenvalue weighted by Gasteiger charge is 2.45. The molecule has 2 aromatic carbocycles. The minimum atomic E-state index is -2.27. The number of nitrogens with one attached hydrogen (secondary N) is 2. The minimum Gasteiger partial charge on any atom is -0.506 e. The van der Waals surface area contributed by atoms with Crippen molar-refractivity contribution in [1.29, 1.82) is 0 Å². The van der Waals surface area contributed by atoms with E-state index in [9.17, 15) is 19.8 Å². The number of carbonyl (C=O) groups is 1. The van der Waals surface area contributed by atoms with Crippen LogP contribution in [0.15, 0.2) is 70.2 Å². The molecular weight excluding hydrogens is 857 g/mol. The second-order valence-corrected chi connectivity index (χ2v) is 24.8. The molecule has 1 unspecified atom stereocenters. The van der Waals surface area contributed by atoms with Crippen molar-refractivity contribution in [2.24, 2.45) is 0 Å². The summed E-state index contributed by atoms with van der Waals surface area (Å²) >= 11 is 2.70. The minimum absolute atomic E-state index is 0.0119. The molecule has 1 aliphatic heterocycles. The van der Waals surface area contributed by atoms with Gasteiger partial charge in [0.1, 0.15) is 36.1 Å². The molecule has 17 heteroatoms. The average Bonchev–Trinajstić information content (AvgIpc) is 4.08. The molecule has 8 rings (SSSR count). The molecule has 1 saturated carbocycles. The summed E-state index contributed by atoms with van der Waals surface area (Å²) in [5, 5.41) is 39.5. The van der Waals surface area contributed by atoms with Gasteiger partial charge in [0, 0.05) is 42.7 Å².